The van der Waals surface area contributed by atoms with Crippen LogP contribution in [0.2, 0.25) is 0 Å². The third-order valence-electron chi connectivity index (χ3n) is 4.65. The summed E-state index contributed by atoms with van der Waals surface area (Å²) in [5.41, 5.74) is 9.27. The topological polar surface area (TPSA) is 38.9 Å². The van der Waals surface area contributed by atoms with E-state index < -0.39 is 0 Å². The molecule has 0 bridgehead atoms. The van der Waals surface area contributed by atoms with Gasteiger partial charge in [0, 0.05) is 23.9 Å². The molecular formula is C15H22N2. The molecule has 2 nitrogen and oxygen atoms in total. The fraction of sp³-hybridized carbons (Fsp3) is 0.667. The largest absolute Gasteiger partial charge is 0.327 e. The number of pyridine rings is 1. The number of aromatic nitrogens is 1. The van der Waals surface area contributed by atoms with Crippen LogP contribution >= 0.6 is 0 Å². The van der Waals surface area contributed by atoms with Crippen molar-refractivity contribution in [3.05, 3.63) is 29.6 Å². The van der Waals surface area contributed by atoms with Crippen LogP contribution in [0.3, 0.4) is 0 Å². The Hall–Kier alpha value is -0.890. The van der Waals surface area contributed by atoms with Crippen LogP contribution in [0.1, 0.15) is 55.7 Å². The quantitative estimate of drug-likeness (QED) is 0.848. The molecule has 1 saturated carbocycles. The first-order valence-corrected chi connectivity index (χ1v) is 7.05. The van der Waals surface area contributed by atoms with Gasteiger partial charge in [0.05, 0.1) is 0 Å². The van der Waals surface area contributed by atoms with Gasteiger partial charge in [-0.1, -0.05) is 18.9 Å². The predicted molar refractivity (Wildman–Crippen MR) is 69.8 cm³/mol. The molecule has 1 aromatic heterocycles. The molecule has 1 fully saturated rings. The van der Waals surface area contributed by atoms with E-state index >= 15 is 0 Å². The molecule has 0 aromatic carbocycles. The lowest BCUT2D eigenvalue weighted by Gasteiger charge is -2.32. The zero-order valence-electron chi connectivity index (χ0n) is 10.4. The maximum absolute atomic E-state index is 6.53. The molecule has 0 spiro atoms. The molecule has 1 aromatic rings. The van der Waals surface area contributed by atoms with Gasteiger partial charge in [-0.05, 0) is 49.7 Å². The molecule has 2 heteroatoms. The van der Waals surface area contributed by atoms with Crippen LogP contribution in [-0.4, -0.2) is 11.0 Å². The third-order valence-corrected chi connectivity index (χ3v) is 4.65. The van der Waals surface area contributed by atoms with E-state index in [2.05, 4.69) is 17.1 Å². The zero-order valence-corrected chi connectivity index (χ0v) is 10.4. The maximum Gasteiger partial charge on any atom is 0.0481 e. The van der Waals surface area contributed by atoms with Gasteiger partial charge in [0.25, 0.3) is 0 Å². The minimum atomic E-state index is 0.339. The van der Waals surface area contributed by atoms with Crippen molar-refractivity contribution >= 4 is 0 Å². The number of nitrogens with two attached hydrogens (primary N) is 1. The van der Waals surface area contributed by atoms with Crippen molar-refractivity contribution in [3.63, 3.8) is 0 Å². The molecule has 0 radical (unpaired) electrons. The van der Waals surface area contributed by atoms with Gasteiger partial charge in [-0.3, -0.25) is 4.98 Å². The molecular weight excluding hydrogens is 208 g/mol. The number of hydrogen-bond acceptors (Lipinski definition) is 2. The monoisotopic (exact) mass is 230 g/mol. The second-order valence-electron chi connectivity index (χ2n) is 5.67. The van der Waals surface area contributed by atoms with Crippen LogP contribution < -0.4 is 5.73 Å². The van der Waals surface area contributed by atoms with Crippen LogP contribution in [0.5, 0.6) is 0 Å². The van der Waals surface area contributed by atoms with Crippen LogP contribution in [0, 0.1) is 5.92 Å². The fourth-order valence-electron chi connectivity index (χ4n) is 3.69. The number of hydrogen-bond donors (Lipinski definition) is 1. The lowest BCUT2D eigenvalue weighted by atomic mass is 9.77. The Balaban J connectivity index is 1.84. The first kappa shape index (κ1) is 11.2. The Kier molecular flexibility index (Phi) is 3.15. The van der Waals surface area contributed by atoms with E-state index in [1.54, 1.807) is 0 Å². The van der Waals surface area contributed by atoms with Crippen molar-refractivity contribution in [2.45, 2.75) is 56.9 Å². The highest BCUT2D eigenvalue weighted by molar-refractivity contribution is 5.27. The average Bonchev–Trinajstić information content (AvgIpc) is 2.91. The van der Waals surface area contributed by atoms with Gasteiger partial charge in [0.1, 0.15) is 0 Å². The minimum Gasteiger partial charge on any atom is -0.327 e. The number of fused-ring (bicyclic) bond motifs is 1. The summed E-state index contributed by atoms with van der Waals surface area (Å²) in [6.07, 6.45) is 11.1. The summed E-state index contributed by atoms with van der Waals surface area (Å²) in [5.74, 6) is 1.26. The highest BCUT2D eigenvalue weighted by Crippen LogP contribution is 2.38. The van der Waals surface area contributed by atoms with Gasteiger partial charge < -0.3 is 5.73 Å². The molecule has 2 atom stereocenters. The molecule has 0 amide bonds. The molecule has 17 heavy (non-hydrogen) atoms. The van der Waals surface area contributed by atoms with Crippen molar-refractivity contribution in [1.29, 1.82) is 0 Å². The Morgan fingerprint density at radius 1 is 1.18 bits per heavy atom. The minimum absolute atomic E-state index is 0.339. The molecule has 92 valence electrons. The molecule has 2 unspecified atom stereocenters. The van der Waals surface area contributed by atoms with Crippen LogP contribution in [-0.2, 0) is 6.42 Å². The third kappa shape index (κ3) is 2.11. The zero-order chi connectivity index (χ0) is 11.7. The summed E-state index contributed by atoms with van der Waals surface area (Å²) < 4.78 is 0. The highest BCUT2D eigenvalue weighted by Gasteiger charge is 2.32. The van der Waals surface area contributed by atoms with E-state index in [-0.39, 0.29) is 0 Å². The summed E-state index contributed by atoms with van der Waals surface area (Å²) in [4.78, 5) is 4.61. The van der Waals surface area contributed by atoms with Gasteiger partial charge in [0.15, 0.2) is 0 Å². The Bertz CT molecular complexity index is 382. The van der Waals surface area contributed by atoms with Crippen molar-refractivity contribution in [2.75, 3.05) is 0 Å². The van der Waals surface area contributed by atoms with Crippen molar-refractivity contribution in [1.82, 2.24) is 4.98 Å². The van der Waals surface area contributed by atoms with Gasteiger partial charge >= 0.3 is 0 Å². The number of rotatable bonds is 2. The van der Waals surface area contributed by atoms with Crippen molar-refractivity contribution < 1.29 is 0 Å². The van der Waals surface area contributed by atoms with Crippen molar-refractivity contribution in [3.8, 4) is 0 Å². The van der Waals surface area contributed by atoms with Gasteiger partial charge in [0.2, 0.25) is 0 Å². The van der Waals surface area contributed by atoms with E-state index in [0.717, 1.165) is 5.92 Å². The standard InChI is InChI=1S/C15H22N2/c16-14(11-5-1-2-6-11)13-9-3-7-12-8-4-10-17-15(12)13/h4,8,10-11,13-14H,1-3,5-7,9,16H2. The summed E-state index contributed by atoms with van der Waals surface area (Å²) in [7, 11) is 0. The molecule has 0 aliphatic heterocycles. The second kappa shape index (κ2) is 4.77. The second-order valence-corrected chi connectivity index (χ2v) is 5.67. The summed E-state index contributed by atoms with van der Waals surface area (Å²) in [6, 6.07) is 4.63. The fourth-order valence-corrected chi connectivity index (χ4v) is 3.69. The van der Waals surface area contributed by atoms with Crippen LogP contribution in [0.15, 0.2) is 18.3 Å². The number of nitrogens with zero attached hydrogens (tertiary/aromatic N) is 1. The smallest absolute Gasteiger partial charge is 0.0481 e. The first-order valence-electron chi connectivity index (χ1n) is 7.05. The average molecular weight is 230 g/mol. The normalized spacial score (nSPS) is 26.8. The maximum atomic E-state index is 6.53. The lowest BCUT2D eigenvalue weighted by molar-refractivity contribution is 0.341. The lowest BCUT2D eigenvalue weighted by Crippen LogP contribution is -2.37. The molecule has 2 aliphatic carbocycles. The SMILES string of the molecule is NC(C1CCCC1)C1CCCc2cccnc21. The highest BCUT2D eigenvalue weighted by atomic mass is 14.8. The van der Waals surface area contributed by atoms with E-state index in [0.29, 0.717) is 12.0 Å². The van der Waals surface area contributed by atoms with Crippen LogP contribution in [0.4, 0.5) is 0 Å². The Morgan fingerprint density at radius 3 is 2.82 bits per heavy atom. The first-order chi connectivity index (χ1) is 8.36. The summed E-state index contributed by atoms with van der Waals surface area (Å²) in [5, 5.41) is 0. The molecule has 1 heterocycles. The van der Waals surface area contributed by atoms with E-state index in [4.69, 9.17) is 5.73 Å². The van der Waals surface area contributed by atoms with Crippen molar-refractivity contribution in [2.24, 2.45) is 11.7 Å². The van der Waals surface area contributed by atoms with Gasteiger partial charge in [-0.25, -0.2) is 0 Å². The van der Waals surface area contributed by atoms with E-state index in [1.165, 1.54) is 56.2 Å². The van der Waals surface area contributed by atoms with Crippen LogP contribution in [0.25, 0.3) is 0 Å². The molecule has 0 saturated heterocycles. The number of aryl methyl sites for hydroxylation is 1. The predicted octanol–water partition coefficient (Wildman–Crippen LogP) is 3.02. The molecule has 2 aliphatic rings. The Labute approximate surface area is 104 Å². The molecule has 2 N–H and O–H groups in total. The van der Waals surface area contributed by atoms with Gasteiger partial charge in [-0.2, -0.15) is 0 Å². The van der Waals surface area contributed by atoms with E-state index in [1.807, 2.05) is 6.20 Å². The summed E-state index contributed by atoms with van der Waals surface area (Å²) in [6.45, 7) is 0. The molecule has 3 rings (SSSR count). The summed E-state index contributed by atoms with van der Waals surface area (Å²) >= 11 is 0. The van der Waals surface area contributed by atoms with Gasteiger partial charge in [-0.15, -0.1) is 0 Å². The van der Waals surface area contributed by atoms with E-state index in [9.17, 15) is 0 Å². The Morgan fingerprint density at radius 2 is 2.00 bits per heavy atom.